The number of hydrogen-bond acceptors (Lipinski definition) is 4. The molecule has 1 aromatic heterocycles. The van der Waals surface area contributed by atoms with E-state index in [-0.39, 0.29) is 23.2 Å². The summed E-state index contributed by atoms with van der Waals surface area (Å²) < 4.78 is 36.6. The van der Waals surface area contributed by atoms with Crippen molar-refractivity contribution in [1.29, 1.82) is 0 Å². The topological polar surface area (TPSA) is 67.5 Å². The zero-order valence-corrected chi connectivity index (χ0v) is 13.4. The molecular weight excluding hydrogens is 328 g/mol. The van der Waals surface area contributed by atoms with Crippen LogP contribution in [0.25, 0.3) is 11.0 Å². The zero-order valence-electron chi connectivity index (χ0n) is 16.6. The van der Waals surface area contributed by atoms with Gasteiger partial charge in [0.15, 0.2) is 0 Å². The molecule has 1 unspecified atom stereocenters. The lowest BCUT2D eigenvalue weighted by Gasteiger charge is -2.17. The van der Waals surface area contributed by atoms with Crippen molar-refractivity contribution in [2.75, 3.05) is 0 Å². The first kappa shape index (κ1) is 11.9. The Labute approximate surface area is 148 Å². The molecule has 1 atom stereocenters. The van der Waals surface area contributed by atoms with Crippen LogP contribution in [0.15, 0.2) is 57.6 Å². The Morgan fingerprint density at radius 2 is 1.96 bits per heavy atom. The lowest BCUT2D eigenvalue weighted by Crippen LogP contribution is -2.16. The molecule has 3 rings (SSSR count). The molecule has 1 heterocycles. The van der Waals surface area contributed by atoms with Crippen molar-refractivity contribution in [1.82, 2.24) is 0 Å². The second-order valence-corrected chi connectivity index (χ2v) is 5.80. The van der Waals surface area contributed by atoms with Gasteiger partial charge in [0.2, 0.25) is 0 Å². The van der Waals surface area contributed by atoms with Crippen LogP contribution in [0, 0.1) is 0 Å². The summed E-state index contributed by atoms with van der Waals surface area (Å²) in [4.78, 5) is 24.5. The van der Waals surface area contributed by atoms with E-state index < -0.39 is 47.0 Å². The third-order valence-electron chi connectivity index (χ3n) is 3.67. The molecule has 0 saturated carbocycles. The Morgan fingerprint density at radius 1 is 1.29 bits per heavy atom. The molecule has 0 aliphatic rings. The molecule has 0 aliphatic heterocycles. The number of fused-ring (bicyclic) bond motifs is 1. The van der Waals surface area contributed by atoms with Crippen LogP contribution in [-0.4, -0.2) is 10.9 Å². The van der Waals surface area contributed by atoms with Crippen molar-refractivity contribution in [2.24, 2.45) is 0 Å². The lowest BCUT2D eigenvalue weighted by atomic mass is 9.87. The van der Waals surface area contributed by atoms with Crippen LogP contribution in [-0.2, 0) is 4.79 Å². The highest BCUT2D eigenvalue weighted by Gasteiger charge is 2.25. The first-order chi connectivity index (χ1) is 13.1. The van der Waals surface area contributed by atoms with Crippen molar-refractivity contribution < 1.29 is 19.8 Å². The summed E-state index contributed by atoms with van der Waals surface area (Å²) in [6.45, 7) is 1.34. The van der Waals surface area contributed by atoms with E-state index in [9.17, 15) is 14.7 Å². The van der Waals surface area contributed by atoms with Gasteiger partial charge in [0.1, 0.15) is 17.1 Å². The summed E-state index contributed by atoms with van der Waals surface area (Å²) >= 11 is 5.90. The van der Waals surface area contributed by atoms with Gasteiger partial charge in [-0.25, -0.2) is 4.79 Å². The van der Waals surface area contributed by atoms with Gasteiger partial charge in [-0.3, -0.25) is 4.79 Å². The van der Waals surface area contributed by atoms with Gasteiger partial charge in [0.05, 0.1) is 16.4 Å². The Balaban J connectivity index is 2.38. The van der Waals surface area contributed by atoms with Gasteiger partial charge in [-0.15, -0.1) is 0 Å². The molecule has 0 spiro atoms. The SMILES string of the molecule is [2H]c1c([2H])c([2H])c2c(O)c(C(CC(C)=O)c3ccc(Cl)cc3)c(=O)oc2c1[2H]. The van der Waals surface area contributed by atoms with Gasteiger partial charge in [-0.2, -0.15) is 0 Å². The van der Waals surface area contributed by atoms with E-state index in [2.05, 4.69) is 0 Å². The smallest absolute Gasteiger partial charge is 0.343 e. The van der Waals surface area contributed by atoms with Crippen LogP contribution in [0.3, 0.4) is 0 Å². The Hall–Kier alpha value is -2.59. The van der Waals surface area contributed by atoms with Crippen LogP contribution in [0.4, 0.5) is 0 Å². The number of halogens is 1. The molecule has 3 aromatic rings. The van der Waals surface area contributed by atoms with Crippen LogP contribution < -0.4 is 5.63 Å². The van der Waals surface area contributed by atoms with Crippen LogP contribution >= 0.6 is 11.6 Å². The first-order valence-corrected chi connectivity index (χ1v) is 7.52. The van der Waals surface area contributed by atoms with Gasteiger partial charge >= 0.3 is 5.63 Å². The number of benzene rings is 2. The number of rotatable bonds is 4. The molecule has 0 fully saturated rings. The van der Waals surface area contributed by atoms with E-state index in [1.54, 1.807) is 24.3 Å². The predicted molar refractivity (Wildman–Crippen MR) is 92.7 cm³/mol. The monoisotopic (exact) mass is 346 g/mol. The summed E-state index contributed by atoms with van der Waals surface area (Å²) in [6, 6.07) is 4.14. The minimum Gasteiger partial charge on any atom is -0.507 e. The summed E-state index contributed by atoms with van der Waals surface area (Å²) in [5, 5.41) is 11.0. The third kappa shape index (κ3) is 3.05. The highest BCUT2D eigenvalue weighted by Crippen LogP contribution is 2.36. The molecule has 5 heteroatoms. The average molecular weight is 347 g/mol. The summed E-state index contributed by atoms with van der Waals surface area (Å²) in [5.41, 5.74) is -1.12. The third-order valence-corrected chi connectivity index (χ3v) is 3.92. The van der Waals surface area contributed by atoms with E-state index in [1.165, 1.54) is 6.92 Å². The van der Waals surface area contributed by atoms with Crippen LogP contribution in [0.1, 0.15) is 35.9 Å². The maximum absolute atomic E-state index is 12.7. The van der Waals surface area contributed by atoms with E-state index in [0.29, 0.717) is 10.6 Å². The standard InChI is InChI=1S/C19H15ClO4/c1-11(21)10-15(12-6-8-13(20)9-7-12)17-18(22)14-4-2-3-5-16(14)24-19(17)23/h2-9,15,22H,10H2,1H3/i2D,3D,4D,5D. The van der Waals surface area contributed by atoms with Crippen molar-refractivity contribution >= 4 is 28.4 Å². The highest BCUT2D eigenvalue weighted by atomic mass is 35.5. The lowest BCUT2D eigenvalue weighted by molar-refractivity contribution is -0.117. The molecule has 2 aromatic carbocycles. The van der Waals surface area contributed by atoms with Crippen molar-refractivity contribution in [3.8, 4) is 5.75 Å². The molecule has 24 heavy (non-hydrogen) atoms. The van der Waals surface area contributed by atoms with Gasteiger partial charge in [-0.05, 0) is 36.7 Å². The minimum atomic E-state index is -0.976. The Morgan fingerprint density at radius 3 is 2.62 bits per heavy atom. The van der Waals surface area contributed by atoms with E-state index in [4.69, 9.17) is 21.5 Å². The minimum absolute atomic E-state index is 0.114. The van der Waals surface area contributed by atoms with E-state index in [1.807, 2.05) is 0 Å². The maximum Gasteiger partial charge on any atom is 0.343 e. The van der Waals surface area contributed by atoms with Gasteiger partial charge < -0.3 is 9.52 Å². The molecule has 4 nitrogen and oxygen atoms in total. The fraction of sp³-hybridized carbons (Fsp3) is 0.158. The number of carbonyl (C=O) groups excluding carboxylic acids is 1. The first-order valence-electron chi connectivity index (χ1n) is 9.14. The highest BCUT2D eigenvalue weighted by molar-refractivity contribution is 6.30. The van der Waals surface area contributed by atoms with Gasteiger partial charge in [0, 0.05) is 17.4 Å². The Kier molecular flexibility index (Phi) is 3.21. The largest absolute Gasteiger partial charge is 0.507 e. The zero-order chi connectivity index (χ0) is 20.7. The number of ketones is 1. The van der Waals surface area contributed by atoms with Crippen LogP contribution in [0.2, 0.25) is 5.02 Å². The number of carbonyl (C=O) groups is 1. The molecule has 1 N–H and O–H groups in total. The second-order valence-electron chi connectivity index (χ2n) is 5.37. The van der Waals surface area contributed by atoms with Crippen molar-refractivity contribution in [2.45, 2.75) is 19.3 Å². The number of Topliss-reactive ketones (excluding diaryl/α,β-unsaturated/α-hetero) is 1. The second kappa shape index (κ2) is 6.49. The Bertz CT molecular complexity index is 1160. The molecule has 122 valence electrons. The average Bonchev–Trinajstić information content (AvgIpc) is 2.63. The van der Waals surface area contributed by atoms with E-state index >= 15 is 0 Å². The van der Waals surface area contributed by atoms with Crippen molar-refractivity contribution in [3.63, 3.8) is 0 Å². The number of hydrogen-bond donors (Lipinski definition) is 1. The van der Waals surface area contributed by atoms with Crippen molar-refractivity contribution in [3.05, 3.63) is 75.0 Å². The summed E-state index contributed by atoms with van der Waals surface area (Å²) in [7, 11) is 0. The normalized spacial score (nSPS) is 14.6. The van der Waals surface area contributed by atoms with Gasteiger partial charge in [0.25, 0.3) is 0 Å². The fourth-order valence-electron chi connectivity index (χ4n) is 2.60. The summed E-state index contributed by atoms with van der Waals surface area (Å²) in [6.07, 6.45) is -0.114. The molecule has 0 amide bonds. The quantitative estimate of drug-likeness (QED) is 0.716. The fourth-order valence-corrected chi connectivity index (χ4v) is 2.73. The molecule has 0 bridgehead atoms. The number of aromatic hydroxyl groups is 1. The molecular formula is C19H15ClO4. The van der Waals surface area contributed by atoms with E-state index in [0.717, 1.165) is 0 Å². The predicted octanol–water partition coefficient (Wildman–Crippen LogP) is 4.26. The molecule has 0 radical (unpaired) electrons. The maximum atomic E-state index is 12.7. The van der Waals surface area contributed by atoms with Gasteiger partial charge in [-0.1, -0.05) is 35.8 Å². The number of para-hydroxylation sites is 1. The van der Waals surface area contributed by atoms with Crippen LogP contribution in [0.5, 0.6) is 5.75 Å². The molecule has 0 aliphatic carbocycles. The summed E-state index contributed by atoms with van der Waals surface area (Å²) in [5.74, 6) is -1.73. The molecule has 0 saturated heterocycles.